The number of pyridine rings is 1. The normalized spacial score (nSPS) is 12.2. The second kappa shape index (κ2) is 19.2. The first kappa shape index (κ1) is 46.9. The molecule has 1 aliphatic rings. The topological polar surface area (TPSA) is 33.1 Å². The molecule has 3 heterocycles. The van der Waals surface area contributed by atoms with Crippen molar-refractivity contribution in [3.8, 4) is 73.0 Å². The molecule has 77 heavy (non-hydrogen) atoms. The summed E-state index contributed by atoms with van der Waals surface area (Å²) in [5.41, 5.74) is 16.2. The summed E-state index contributed by atoms with van der Waals surface area (Å²) >= 11 is 0. The molecule has 7 heteroatoms. The predicted molar refractivity (Wildman–Crippen MR) is 312 cm³/mol. The molecule has 0 amide bonds. The molecule has 12 aromatic rings. The Morgan fingerprint density at radius 2 is 0.974 bits per heavy atom. The number of fused-ring (bicyclic) bond motifs is 4. The van der Waals surface area contributed by atoms with Crippen LogP contribution in [0.25, 0.3) is 83.3 Å². The van der Waals surface area contributed by atoms with Gasteiger partial charge in [0.2, 0.25) is 11.4 Å². The van der Waals surface area contributed by atoms with Gasteiger partial charge in [0.05, 0.1) is 28.2 Å². The van der Waals surface area contributed by atoms with E-state index in [1.165, 1.54) is 29.8 Å². The van der Waals surface area contributed by atoms with E-state index in [4.69, 9.17) is 9.72 Å². The highest BCUT2D eigenvalue weighted by molar-refractivity contribution is 6.09. The van der Waals surface area contributed by atoms with Crippen LogP contribution >= 0.6 is 0 Å². The number of rotatable bonds is 10. The first-order chi connectivity index (χ1) is 37.6. The maximum atomic E-state index is 14.5. The van der Waals surface area contributed by atoms with Crippen molar-refractivity contribution >= 4 is 50.6 Å². The summed E-state index contributed by atoms with van der Waals surface area (Å²) in [5, 5.41) is 2.22. The van der Waals surface area contributed by atoms with Crippen LogP contribution in [0, 0.1) is 11.6 Å². The summed E-state index contributed by atoms with van der Waals surface area (Å²) in [5.74, 6) is 1.47. The fourth-order valence-corrected chi connectivity index (χ4v) is 10.7. The molecule has 0 saturated heterocycles. The van der Waals surface area contributed by atoms with Crippen LogP contribution < -0.4 is 13.9 Å². The van der Waals surface area contributed by atoms with Crippen LogP contribution in [0.5, 0.6) is 11.5 Å². The first-order valence-electron chi connectivity index (χ1n) is 25.8. The Balaban J connectivity index is 1.04. The lowest BCUT2D eigenvalue weighted by molar-refractivity contribution is 0.483. The van der Waals surface area contributed by atoms with Gasteiger partial charge >= 0.3 is 6.01 Å². The molecule has 368 valence electrons. The molecule has 0 saturated carbocycles. The van der Waals surface area contributed by atoms with E-state index >= 15 is 0 Å². The minimum atomic E-state index is -0.325. The van der Waals surface area contributed by atoms with Gasteiger partial charge in [-0.15, -0.1) is 0 Å². The highest BCUT2D eigenvalue weighted by atomic mass is 19.1. The van der Waals surface area contributed by atoms with Crippen molar-refractivity contribution in [3.05, 3.63) is 266 Å². The lowest BCUT2D eigenvalue weighted by Crippen LogP contribution is -2.12. The molecular weight excluding hydrogens is 951 g/mol. The van der Waals surface area contributed by atoms with Gasteiger partial charge in [-0.3, -0.25) is 4.57 Å². The fraction of sp³-hybridized carbons (Fsp3) is 0.0571. The van der Waals surface area contributed by atoms with E-state index in [2.05, 4.69) is 186 Å². The first-order valence-corrected chi connectivity index (χ1v) is 25.8. The molecule has 5 nitrogen and oxygen atoms in total. The van der Waals surface area contributed by atoms with Crippen molar-refractivity contribution in [1.82, 2.24) is 18.7 Å². The largest absolute Gasteiger partial charge is 0.503 e. The molecule has 0 bridgehead atoms. The molecule has 0 atom stereocenters. The van der Waals surface area contributed by atoms with Crippen molar-refractivity contribution in [2.24, 2.45) is 0 Å². The van der Waals surface area contributed by atoms with E-state index < -0.39 is 0 Å². The summed E-state index contributed by atoms with van der Waals surface area (Å²) < 4.78 is 42.6. The van der Waals surface area contributed by atoms with Crippen molar-refractivity contribution < 1.29 is 13.5 Å². The minimum Gasteiger partial charge on any atom is -0.457 e. The molecule has 10 aromatic carbocycles. The van der Waals surface area contributed by atoms with Crippen LogP contribution in [-0.4, -0.2) is 15.6 Å². The number of benzene rings is 10. The maximum absolute atomic E-state index is 14.5. The number of hydrogen-bond acceptors (Lipinski definition) is 2. The molecule has 0 aliphatic carbocycles. The van der Waals surface area contributed by atoms with Gasteiger partial charge in [-0.2, -0.15) is 0 Å². The molecule has 0 unspecified atom stereocenters. The zero-order valence-corrected chi connectivity index (χ0v) is 42.6. The van der Waals surface area contributed by atoms with E-state index in [0.717, 1.165) is 106 Å². The molecule has 0 N–H and O–H groups in total. The zero-order valence-electron chi connectivity index (χ0n) is 42.6. The number of aromatic nitrogens is 2. The number of nitrogens with zero attached hydrogens (tertiary/aromatic N) is 4. The Labute approximate surface area is 445 Å². The Hall–Kier alpha value is -9.81. The summed E-state index contributed by atoms with van der Waals surface area (Å²) in [7, 11) is 0. The Morgan fingerprint density at radius 1 is 0.429 bits per heavy atom. The van der Waals surface area contributed by atoms with E-state index in [9.17, 15) is 8.78 Å². The third-order valence-corrected chi connectivity index (χ3v) is 14.5. The maximum Gasteiger partial charge on any atom is 0.503 e. The lowest BCUT2D eigenvalue weighted by Gasteiger charge is -2.20. The quantitative estimate of drug-likeness (QED) is 0.128. The average Bonchev–Trinajstić information content (AvgIpc) is 4.18. The second-order valence-corrected chi connectivity index (χ2v) is 20.5. The summed E-state index contributed by atoms with van der Waals surface area (Å²) in [4.78, 5) is 4.94. The van der Waals surface area contributed by atoms with Crippen molar-refractivity contribution in [2.45, 2.75) is 26.2 Å². The highest BCUT2D eigenvalue weighted by Crippen LogP contribution is 2.46. The number of ether oxygens (including phenoxy) is 1. The van der Waals surface area contributed by atoms with Gasteiger partial charge in [-0.05, 0) is 156 Å². The van der Waals surface area contributed by atoms with Gasteiger partial charge in [0, 0.05) is 41.2 Å². The van der Waals surface area contributed by atoms with Gasteiger partial charge in [-0.1, -0.05) is 142 Å². The molecule has 0 radical (unpaired) electrons. The molecule has 1 aliphatic heterocycles. The Morgan fingerprint density at radius 3 is 1.60 bits per heavy atom. The molecular formula is C70H50F2N4O+2. The monoisotopic (exact) mass is 1000 g/mol. The lowest BCUT2D eigenvalue weighted by atomic mass is 9.88. The molecule has 0 spiro atoms. The average molecular weight is 1000 g/mol. The second-order valence-electron chi connectivity index (χ2n) is 20.5. The van der Waals surface area contributed by atoms with Crippen molar-refractivity contribution in [1.29, 1.82) is 0 Å². The molecule has 0 fully saturated rings. The van der Waals surface area contributed by atoms with Crippen LogP contribution in [0.3, 0.4) is 0 Å². The number of halogens is 2. The van der Waals surface area contributed by atoms with E-state index in [-0.39, 0.29) is 17.0 Å². The Kier molecular flexibility index (Phi) is 11.7. The third kappa shape index (κ3) is 8.89. The van der Waals surface area contributed by atoms with Crippen LogP contribution in [0.1, 0.15) is 26.3 Å². The standard InChI is InChI=1S/C70H50F2N4O/c1-70(2,3)54-35-36-73-68(42-54)76-64-22-11-10-19-62(64)63-34-33-58(44-67(63)76)77-59-41-53(52-38-50(46-15-6-4-7-16-46)37-51(39-52)47-17-8-5-9-18-47)40-57(43-59)74-45-75(66-24-13-12-23-65(66)74)69-60(48-25-29-55(71)30-26-48)20-14-21-61(69)49-27-31-56(72)32-28-49/h4-44H,1-3H3/q+2. The van der Waals surface area contributed by atoms with Gasteiger partial charge in [-0.25, -0.2) is 13.8 Å². The summed E-state index contributed by atoms with van der Waals surface area (Å²) in [6.45, 7) is 6.66. The van der Waals surface area contributed by atoms with Gasteiger partial charge in [0.25, 0.3) is 11.4 Å². The van der Waals surface area contributed by atoms with Gasteiger partial charge in [0.1, 0.15) is 29.0 Å². The number of para-hydroxylation sites is 4. The van der Waals surface area contributed by atoms with Crippen molar-refractivity contribution in [2.75, 3.05) is 0 Å². The van der Waals surface area contributed by atoms with Crippen LogP contribution in [0.15, 0.2) is 249 Å². The van der Waals surface area contributed by atoms with Crippen molar-refractivity contribution in [3.63, 3.8) is 0 Å². The fourth-order valence-electron chi connectivity index (χ4n) is 10.7. The van der Waals surface area contributed by atoms with Crippen LogP contribution in [-0.2, 0) is 5.41 Å². The summed E-state index contributed by atoms with van der Waals surface area (Å²) in [6, 6.07) is 84.3. The Bertz CT molecular complexity index is 4200. The summed E-state index contributed by atoms with van der Waals surface area (Å²) in [6.07, 6.45) is 1.90. The number of hydrogen-bond donors (Lipinski definition) is 0. The SMILES string of the molecule is CC(C)(C)c1ccnc(-n2c3ccccc3c3ccc(Oc4cc(-c5cc(-c6ccccc6)cc(-c6ccccc6)c5)cc([N+]5=C=[N+](c6c(-c7ccc(F)cc7)cccc6-c6ccc(F)cc6)c6ccccc65)c4)cc32)c1. The zero-order chi connectivity index (χ0) is 52.2. The third-order valence-electron chi connectivity index (χ3n) is 14.5. The molecule has 2 aromatic heterocycles. The van der Waals surface area contributed by atoms with E-state index in [0.29, 0.717) is 11.5 Å². The minimum absolute atomic E-state index is 0.0749. The van der Waals surface area contributed by atoms with Gasteiger partial charge < -0.3 is 4.74 Å². The smallest absolute Gasteiger partial charge is 0.457 e. The predicted octanol–water partition coefficient (Wildman–Crippen LogP) is 18.7. The van der Waals surface area contributed by atoms with E-state index in [1.54, 1.807) is 24.3 Å². The highest BCUT2D eigenvalue weighted by Gasteiger charge is 2.39. The molecule has 13 rings (SSSR count). The van der Waals surface area contributed by atoms with E-state index in [1.807, 2.05) is 54.7 Å². The van der Waals surface area contributed by atoms with Crippen LogP contribution in [0.2, 0.25) is 0 Å². The van der Waals surface area contributed by atoms with Crippen LogP contribution in [0.4, 0.5) is 31.5 Å². The van der Waals surface area contributed by atoms with Gasteiger partial charge in [0.15, 0.2) is 0 Å².